The van der Waals surface area contributed by atoms with Crippen LogP contribution in [0.2, 0.25) is 0 Å². The van der Waals surface area contributed by atoms with Gasteiger partial charge in [-0.2, -0.15) is 0 Å². The lowest BCUT2D eigenvalue weighted by molar-refractivity contribution is -0.112. The molecule has 0 radical (unpaired) electrons. The lowest BCUT2D eigenvalue weighted by Gasteiger charge is -2.36. The number of nitrogens with one attached hydrogen (secondary N) is 1. The number of pyridine rings is 1. The van der Waals surface area contributed by atoms with Gasteiger partial charge in [0, 0.05) is 61.6 Å². The first kappa shape index (κ1) is 24.0. The predicted octanol–water partition coefficient (Wildman–Crippen LogP) is 4.95. The molecule has 0 bridgehead atoms. The van der Waals surface area contributed by atoms with Crippen LogP contribution in [0, 0.1) is 6.92 Å². The Morgan fingerprint density at radius 1 is 0.842 bits per heavy atom. The van der Waals surface area contributed by atoms with E-state index in [1.54, 1.807) is 0 Å². The zero-order valence-corrected chi connectivity index (χ0v) is 21.6. The lowest BCUT2D eigenvalue weighted by Crippen LogP contribution is -2.46. The van der Waals surface area contributed by atoms with Gasteiger partial charge in [-0.3, -0.25) is 9.59 Å². The molecule has 0 saturated carbocycles. The lowest BCUT2D eigenvalue weighted by atomic mass is 10.0. The summed E-state index contributed by atoms with van der Waals surface area (Å²) in [5, 5.41) is 2.83. The Morgan fingerprint density at radius 3 is 2.29 bits per heavy atom. The Morgan fingerprint density at radius 2 is 1.58 bits per heavy atom. The van der Waals surface area contributed by atoms with Crippen LogP contribution >= 0.6 is 0 Å². The fraction of sp³-hybridized carbons (Fsp3) is 0.258. The summed E-state index contributed by atoms with van der Waals surface area (Å²) in [6, 6.07) is 23.8. The summed E-state index contributed by atoms with van der Waals surface area (Å²) in [7, 11) is 0. The first-order valence-corrected chi connectivity index (χ1v) is 13.2. The topological polar surface area (TPSA) is 70.5 Å². The van der Waals surface area contributed by atoms with Crippen LogP contribution in [-0.4, -0.2) is 47.4 Å². The number of hydrogen-bond donors (Lipinski definition) is 1. The van der Waals surface area contributed by atoms with Crippen molar-refractivity contribution in [2.45, 2.75) is 26.3 Å². The van der Waals surface area contributed by atoms with Crippen LogP contribution in [0.4, 0.5) is 17.2 Å². The minimum Gasteiger partial charge on any atom is -0.368 e. The van der Waals surface area contributed by atoms with E-state index in [1.165, 1.54) is 0 Å². The Kier molecular flexibility index (Phi) is 6.42. The number of rotatable bonds is 6. The fourth-order valence-electron chi connectivity index (χ4n) is 5.46. The highest BCUT2D eigenvalue weighted by molar-refractivity contribution is 6.47. The number of carbonyl (C=O) groups is 2. The molecule has 4 heterocycles. The van der Waals surface area contributed by atoms with Crippen LogP contribution in [0.3, 0.4) is 0 Å². The summed E-state index contributed by atoms with van der Waals surface area (Å²) >= 11 is 0. The van der Waals surface area contributed by atoms with Crippen LogP contribution in [-0.2, 0) is 17.8 Å². The van der Waals surface area contributed by atoms with E-state index in [9.17, 15) is 9.59 Å². The summed E-state index contributed by atoms with van der Waals surface area (Å²) in [6.07, 6.45) is 3.82. The van der Waals surface area contributed by atoms with Crippen LogP contribution < -0.4 is 15.1 Å². The number of carbonyl (C=O) groups excluding carboxylic acids is 2. The van der Waals surface area contributed by atoms with E-state index in [1.807, 2.05) is 72.3 Å². The van der Waals surface area contributed by atoms with Crippen molar-refractivity contribution >= 4 is 28.9 Å². The van der Waals surface area contributed by atoms with Gasteiger partial charge in [0.1, 0.15) is 11.5 Å². The third kappa shape index (κ3) is 4.67. The first-order valence-electron chi connectivity index (χ1n) is 13.2. The van der Waals surface area contributed by atoms with Gasteiger partial charge in [-0.1, -0.05) is 36.4 Å². The van der Waals surface area contributed by atoms with Gasteiger partial charge in [0.05, 0.1) is 0 Å². The zero-order valence-electron chi connectivity index (χ0n) is 21.6. The second-order valence-electron chi connectivity index (χ2n) is 10.0. The van der Waals surface area contributed by atoms with Crippen molar-refractivity contribution in [1.29, 1.82) is 0 Å². The number of amides is 1. The third-order valence-electron chi connectivity index (χ3n) is 7.49. The molecule has 1 amide bonds. The van der Waals surface area contributed by atoms with Crippen molar-refractivity contribution in [3.05, 3.63) is 95.9 Å². The zero-order chi connectivity index (χ0) is 26.1. The average molecular weight is 506 g/mol. The van der Waals surface area contributed by atoms with Crippen LogP contribution in [0.25, 0.3) is 11.1 Å². The molecular formula is C31H31N5O2. The molecule has 0 atom stereocenters. The number of Topliss-reactive ketones (excluding diaryl/α,β-unsaturated/α-hetero) is 1. The van der Waals surface area contributed by atoms with Crippen molar-refractivity contribution in [3.63, 3.8) is 0 Å². The number of anilines is 3. The van der Waals surface area contributed by atoms with E-state index >= 15 is 0 Å². The van der Waals surface area contributed by atoms with Crippen LogP contribution in [0.15, 0.2) is 79.0 Å². The molecule has 1 fully saturated rings. The maximum Gasteiger partial charge on any atom is 0.298 e. The van der Waals surface area contributed by atoms with E-state index in [0.717, 1.165) is 79.5 Å². The Labute approximate surface area is 222 Å². The van der Waals surface area contributed by atoms with Crippen LogP contribution in [0.5, 0.6) is 0 Å². The third-order valence-corrected chi connectivity index (χ3v) is 7.49. The van der Waals surface area contributed by atoms with E-state index < -0.39 is 11.7 Å². The number of aromatic nitrogens is 2. The molecule has 192 valence electrons. The highest BCUT2D eigenvalue weighted by atomic mass is 16.2. The summed E-state index contributed by atoms with van der Waals surface area (Å²) in [4.78, 5) is 35.7. The minimum atomic E-state index is -0.609. The molecule has 7 nitrogen and oxygen atoms in total. The van der Waals surface area contributed by atoms with Gasteiger partial charge in [0.25, 0.3) is 11.7 Å². The highest BCUT2D eigenvalue weighted by Gasteiger charge is 2.29. The second kappa shape index (κ2) is 10.2. The maximum absolute atomic E-state index is 13.4. The Balaban J connectivity index is 1.12. The van der Waals surface area contributed by atoms with Gasteiger partial charge >= 0.3 is 0 Å². The number of nitrogens with zero attached hydrogens (tertiary/aromatic N) is 4. The molecule has 38 heavy (non-hydrogen) atoms. The quantitative estimate of drug-likeness (QED) is 0.297. The van der Waals surface area contributed by atoms with Crippen LogP contribution in [0.1, 0.15) is 28.2 Å². The summed E-state index contributed by atoms with van der Waals surface area (Å²) in [6.45, 7) is 6.38. The first-order chi connectivity index (χ1) is 18.6. The molecule has 2 aromatic carbocycles. The predicted molar refractivity (Wildman–Crippen MR) is 151 cm³/mol. The number of hydrogen-bond acceptors (Lipinski definition) is 5. The molecule has 7 heteroatoms. The second-order valence-corrected chi connectivity index (χ2v) is 10.0. The van der Waals surface area contributed by atoms with Crippen molar-refractivity contribution in [3.8, 4) is 11.1 Å². The fourth-order valence-corrected chi connectivity index (χ4v) is 5.46. The van der Waals surface area contributed by atoms with E-state index in [2.05, 4.69) is 38.3 Å². The summed E-state index contributed by atoms with van der Waals surface area (Å²) in [5.74, 6) is -0.0918. The number of benzene rings is 2. The monoisotopic (exact) mass is 505 g/mol. The molecule has 1 saturated heterocycles. The van der Waals surface area contributed by atoms with Crippen molar-refractivity contribution in [2.24, 2.45) is 0 Å². The van der Waals surface area contributed by atoms with Crippen molar-refractivity contribution in [2.75, 3.05) is 41.3 Å². The molecule has 0 aliphatic carbocycles. The Hall–Kier alpha value is -4.39. The molecule has 6 rings (SSSR count). The molecular weight excluding hydrogens is 474 g/mol. The molecule has 2 aliphatic heterocycles. The van der Waals surface area contributed by atoms with Crippen molar-refractivity contribution in [1.82, 2.24) is 9.55 Å². The van der Waals surface area contributed by atoms with Crippen molar-refractivity contribution < 1.29 is 9.59 Å². The normalized spacial score (nSPS) is 14.9. The highest BCUT2D eigenvalue weighted by Crippen LogP contribution is 2.32. The molecule has 2 aromatic heterocycles. The standard InChI is InChI=1S/C31H31N5O2/c1-22-9-14-28(32-21-22)35-18-16-34(17-19-35)25-12-10-24(11-13-25)33-31(38)30(37)29-27(23-6-3-2-4-7-23)20-26-8-5-15-36(26)29/h2-4,6-7,9-14,20-21H,5,8,15-19H2,1H3,(H,33,38). The van der Waals surface area contributed by atoms with Gasteiger partial charge in [-0.05, 0) is 67.3 Å². The molecule has 0 unspecified atom stereocenters. The Bertz CT molecular complexity index is 1450. The smallest absolute Gasteiger partial charge is 0.298 e. The number of ketones is 1. The number of fused-ring (bicyclic) bond motifs is 1. The van der Waals surface area contributed by atoms with Gasteiger partial charge in [0.15, 0.2) is 0 Å². The molecule has 1 N–H and O–H groups in total. The maximum atomic E-state index is 13.4. The minimum absolute atomic E-state index is 0.485. The van der Waals surface area contributed by atoms with E-state index in [-0.39, 0.29) is 0 Å². The summed E-state index contributed by atoms with van der Waals surface area (Å²) in [5.41, 5.74) is 6.26. The number of aryl methyl sites for hydroxylation is 2. The number of piperazine rings is 1. The average Bonchev–Trinajstić information content (AvgIpc) is 3.56. The molecule has 2 aliphatic rings. The van der Waals surface area contributed by atoms with Gasteiger partial charge < -0.3 is 19.7 Å². The largest absolute Gasteiger partial charge is 0.368 e. The van der Waals surface area contributed by atoms with Gasteiger partial charge in [-0.15, -0.1) is 0 Å². The molecule has 4 aromatic rings. The van der Waals surface area contributed by atoms with Gasteiger partial charge in [-0.25, -0.2) is 4.98 Å². The molecule has 0 spiro atoms. The van der Waals surface area contributed by atoms with E-state index in [0.29, 0.717) is 11.4 Å². The summed E-state index contributed by atoms with van der Waals surface area (Å²) < 4.78 is 2.01. The van der Waals surface area contributed by atoms with E-state index in [4.69, 9.17) is 0 Å². The SMILES string of the molecule is Cc1ccc(N2CCN(c3ccc(NC(=O)C(=O)c4c(-c5ccccc5)cc5n4CCC5)cc3)CC2)nc1. The van der Waals surface area contributed by atoms with Gasteiger partial charge in [0.2, 0.25) is 0 Å².